The first-order chi connectivity index (χ1) is 15.4. The van der Waals surface area contributed by atoms with Crippen LogP contribution in [0.1, 0.15) is 15.9 Å². The second kappa shape index (κ2) is 9.60. The van der Waals surface area contributed by atoms with Crippen molar-refractivity contribution in [3.8, 4) is 0 Å². The van der Waals surface area contributed by atoms with Crippen LogP contribution in [-0.4, -0.2) is 29.0 Å². The summed E-state index contributed by atoms with van der Waals surface area (Å²) >= 11 is 12.0. The monoisotopic (exact) mass is 527 g/mol. The van der Waals surface area contributed by atoms with Gasteiger partial charge in [-0.2, -0.15) is 0 Å². The third-order valence-electron chi connectivity index (χ3n) is 4.41. The number of amides is 1. The average Bonchev–Trinajstić information content (AvgIpc) is 2.72. The smallest absolute Gasteiger partial charge is 0.261 e. The Kier molecular flexibility index (Phi) is 7.23. The van der Waals surface area contributed by atoms with Gasteiger partial charge in [-0.3, -0.25) is 14.2 Å². The third-order valence-corrected chi connectivity index (χ3v) is 7.20. The van der Waals surface area contributed by atoms with Gasteiger partial charge >= 0.3 is 0 Å². The number of halogens is 2. The van der Waals surface area contributed by atoms with Gasteiger partial charge in [-0.15, -0.1) is 0 Å². The van der Waals surface area contributed by atoms with Crippen LogP contribution in [0, 0.1) is 6.92 Å². The Morgan fingerprint density at radius 1 is 0.848 bits per heavy atom. The number of hydrogen-bond acceptors (Lipinski definition) is 5. The number of rotatable bonds is 7. The summed E-state index contributed by atoms with van der Waals surface area (Å²) in [5.74, 6) is -0.494. The molecule has 3 aromatic rings. The van der Waals surface area contributed by atoms with Crippen LogP contribution in [0.5, 0.6) is 0 Å². The van der Waals surface area contributed by atoms with E-state index >= 15 is 0 Å². The number of nitrogens with one attached hydrogen (secondary N) is 3. The Morgan fingerprint density at radius 2 is 1.52 bits per heavy atom. The first kappa shape index (κ1) is 24.8. The van der Waals surface area contributed by atoms with E-state index in [0.29, 0.717) is 11.3 Å². The highest BCUT2D eigenvalue weighted by Gasteiger charge is 2.17. The Morgan fingerprint density at radius 3 is 2.15 bits per heavy atom. The van der Waals surface area contributed by atoms with E-state index in [1.54, 1.807) is 25.1 Å². The lowest BCUT2D eigenvalue weighted by molar-refractivity contribution is 0.102. The molecular weight excluding hydrogens is 509 g/mol. The molecule has 0 atom stereocenters. The average molecular weight is 528 g/mol. The van der Waals surface area contributed by atoms with Crippen molar-refractivity contribution in [2.75, 3.05) is 21.0 Å². The van der Waals surface area contributed by atoms with Crippen molar-refractivity contribution in [2.45, 2.75) is 11.8 Å². The zero-order chi connectivity index (χ0) is 24.4. The molecule has 0 aliphatic heterocycles. The minimum absolute atomic E-state index is 0.0495. The summed E-state index contributed by atoms with van der Waals surface area (Å²) in [6, 6.07) is 14.7. The van der Waals surface area contributed by atoms with Crippen LogP contribution >= 0.6 is 23.2 Å². The molecule has 3 aromatic carbocycles. The first-order valence-electron chi connectivity index (χ1n) is 9.32. The van der Waals surface area contributed by atoms with E-state index < -0.39 is 26.0 Å². The number of anilines is 3. The van der Waals surface area contributed by atoms with Crippen molar-refractivity contribution in [3.05, 3.63) is 81.8 Å². The molecule has 1 amide bonds. The molecule has 0 heterocycles. The van der Waals surface area contributed by atoms with Gasteiger partial charge in [0.25, 0.3) is 15.9 Å². The van der Waals surface area contributed by atoms with Gasteiger partial charge in [-0.25, -0.2) is 16.8 Å². The van der Waals surface area contributed by atoms with Gasteiger partial charge < -0.3 is 5.32 Å². The molecule has 12 heteroatoms. The molecule has 0 spiro atoms. The number of sulfonamides is 2. The second-order valence-electron chi connectivity index (χ2n) is 7.09. The van der Waals surface area contributed by atoms with E-state index in [4.69, 9.17) is 23.2 Å². The summed E-state index contributed by atoms with van der Waals surface area (Å²) < 4.78 is 53.0. The Hall–Kier alpha value is -2.79. The molecule has 0 saturated heterocycles. The van der Waals surface area contributed by atoms with Gasteiger partial charge in [-0.1, -0.05) is 35.3 Å². The molecule has 33 heavy (non-hydrogen) atoms. The van der Waals surface area contributed by atoms with Crippen molar-refractivity contribution in [1.29, 1.82) is 0 Å². The lowest BCUT2D eigenvalue weighted by atomic mass is 10.1. The van der Waals surface area contributed by atoms with Crippen molar-refractivity contribution >= 4 is 66.2 Å². The summed E-state index contributed by atoms with van der Waals surface area (Å²) in [6.45, 7) is 1.71. The molecule has 3 rings (SSSR count). The summed E-state index contributed by atoms with van der Waals surface area (Å²) in [5.41, 5.74) is 1.65. The summed E-state index contributed by atoms with van der Waals surface area (Å²) in [5, 5.41) is 2.93. The van der Waals surface area contributed by atoms with Crippen LogP contribution in [-0.2, 0) is 20.0 Å². The van der Waals surface area contributed by atoms with E-state index in [-0.39, 0.29) is 31.9 Å². The number of carbonyl (C=O) groups is 1. The highest BCUT2D eigenvalue weighted by atomic mass is 35.5. The molecular formula is C21H19Cl2N3O5S2. The zero-order valence-electron chi connectivity index (χ0n) is 17.4. The topological polar surface area (TPSA) is 121 Å². The largest absolute Gasteiger partial charge is 0.322 e. The van der Waals surface area contributed by atoms with Crippen LogP contribution in [0.25, 0.3) is 0 Å². The standard InChI is InChI=1S/C21H19Cl2N3O5S2/c1-13-6-7-14(12-19(13)25-32(2,28)29)21(27)24-15-8-10-16(11-9-15)33(30,31)26-18-5-3-4-17(22)20(18)23/h3-12,25-26H,1-2H3,(H,24,27). The lowest BCUT2D eigenvalue weighted by Crippen LogP contribution is -2.15. The van der Waals surface area contributed by atoms with Crippen molar-refractivity contribution in [2.24, 2.45) is 0 Å². The Balaban J connectivity index is 1.76. The van der Waals surface area contributed by atoms with E-state index in [9.17, 15) is 21.6 Å². The molecule has 8 nitrogen and oxygen atoms in total. The second-order valence-corrected chi connectivity index (χ2v) is 11.3. The van der Waals surface area contributed by atoms with Crippen LogP contribution in [0.15, 0.2) is 65.6 Å². The predicted molar refractivity (Wildman–Crippen MR) is 131 cm³/mol. The van der Waals surface area contributed by atoms with E-state index in [2.05, 4.69) is 14.8 Å². The summed E-state index contributed by atoms with van der Waals surface area (Å²) in [7, 11) is -7.46. The summed E-state index contributed by atoms with van der Waals surface area (Å²) in [6.07, 6.45) is 1.02. The fourth-order valence-corrected chi connectivity index (χ4v) is 4.87. The van der Waals surface area contributed by atoms with Gasteiger partial charge in [0.1, 0.15) is 0 Å². The van der Waals surface area contributed by atoms with Crippen LogP contribution in [0.4, 0.5) is 17.1 Å². The third kappa shape index (κ3) is 6.38. The number of benzene rings is 3. The molecule has 3 N–H and O–H groups in total. The summed E-state index contributed by atoms with van der Waals surface area (Å²) in [4.78, 5) is 12.5. The Labute approximate surface area is 202 Å². The maximum Gasteiger partial charge on any atom is 0.261 e. The number of hydrogen-bond donors (Lipinski definition) is 3. The minimum Gasteiger partial charge on any atom is -0.322 e. The van der Waals surface area contributed by atoms with Crippen LogP contribution in [0.2, 0.25) is 10.0 Å². The fourth-order valence-electron chi connectivity index (χ4n) is 2.78. The molecule has 0 unspecified atom stereocenters. The van der Waals surface area contributed by atoms with Gasteiger partial charge in [0, 0.05) is 11.3 Å². The highest BCUT2D eigenvalue weighted by Crippen LogP contribution is 2.31. The van der Waals surface area contributed by atoms with Crippen molar-refractivity contribution in [1.82, 2.24) is 0 Å². The van der Waals surface area contributed by atoms with E-state index in [1.165, 1.54) is 42.5 Å². The number of aryl methyl sites for hydroxylation is 1. The van der Waals surface area contributed by atoms with Crippen LogP contribution < -0.4 is 14.8 Å². The van der Waals surface area contributed by atoms with Gasteiger partial charge in [-0.05, 0) is 61.0 Å². The molecule has 0 aliphatic carbocycles. The molecule has 0 saturated carbocycles. The van der Waals surface area contributed by atoms with Gasteiger partial charge in [0.15, 0.2) is 0 Å². The molecule has 174 valence electrons. The first-order valence-corrected chi connectivity index (χ1v) is 13.5. The minimum atomic E-state index is -3.95. The molecule has 0 aliphatic rings. The highest BCUT2D eigenvalue weighted by molar-refractivity contribution is 7.92. The van der Waals surface area contributed by atoms with E-state index in [0.717, 1.165) is 6.26 Å². The van der Waals surface area contributed by atoms with E-state index in [1.807, 2.05) is 0 Å². The zero-order valence-corrected chi connectivity index (χ0v) is 20.5. The molecule has 0 aromatic heterocycles. The predicted octanol–water partition coefficient (Wildman–Crippen LogP) is 4.73. The molecule has 0 radical (unpaired) electrons. The molecule has 0 bridgehead atoms. The van der Waals surface area contributed by atoms with Gasteiger partial charge in [0.05, 0.1) is 32.6 Å². The number of carbonyl (C=O) groups excluding carboxylic acids is 1. The normalized spacial score (nSPS) is 11.6. The lowest BCUT2D eigenvalue weighted by Gasteiger charge is -2.12. The van der Waals surface area contributed by atoms with Crippen molar-refractivity contribution in [3.63, 3.8) is 0 Å². The molecule has 0 fully saturated rings. The van der Waals surface area contributed by atoms with Gasteiger partial charge in [0.2, 0.25) is 10.0 Å². The maximum atomic E-state index is 12.6. The Bertz CT molecular complexity index is 1420. The SMILES string of the molecule is Cc1ccc(C(=O)Nc2ccc(S(=O)(=O)Nc3cccc(Cl)c3Cl)cc2)cc1NS(C)(=O)=O. The maximum absolute atomic E-state index is 12.6. The van der Waals surface area contributed by atoms with Crippen LogP contribution in [0.3, 0.4) is 0 Å². The fraction of sp³-hybridized carbons (Fsp3) is 0.0952. The van der Waals surface area contributed by atoms with Crippen molar-refractivity contribution < 1.29 is 21.6 Å². The quantitative estimate of drug-likeness (QED) is 0.410.